The fraction of sp³-hybridized carbons (Fsp3) is 0.692. The fourth-order valence-corrected chi connectivity index (χ4v) is 5.00. The second kappa shape index (κ2) is 5.71. The molecule has 5 nitrogen and oxygen atoms in total. The van der Waals surface area contributed by atoms with Crippen molar-refractivity contribution in [1.82, 2.24) is 9.29 Å². The molecule has 3 N–H and O–H groups in total. The van der Waals surface area contributed by atoms with Crippen molar-refractivity contribution in [2.24, 2.45) is 11.7 Å². The van der Waals surface area contributed by atoms with Gasteiger partial charge in [-0.25, -0.2) is 13.1 Å². The van der Waals surface area contributed by atoms with Gasteiger partial charge in [0.05, 0.1) is 4.90 Å². The molecule has 3 rings (SSSR count). The van der Waals surface area contributed by atoms with Crippen LogP contribution in [-0.4, -0.2) is 31.0 Å². The summed E-state index contributed by atoms with van der Waals surface area (Å²) in [6.07, 6.45) is 5.08. The number of hydrogen-bond acceptors (Lipinski definition) is 4. The molecule has 1 unspecified atom stereocenters. The van der Waals surface area contributed by atoms with Crippen molar-refractivity contribution >= 4 is 21.8 Å². The van der Waals surface area contributed by atoms with E-state index in [1.54, 1.807) is 12.3 Å². The molecule has 2 aliphatic rings. The van der Waals surface area contributed by atoms with Gasteiger partial charge in [-0.15, -0.1) is 0 Å². The summed E-state index contributed by atoms with van der Waals surface area (Å²) >= 11 is 1.90. The Morgan fingerprint density at radius 1 is 1.40 bits per heavy atom. The van der Waals surface area contributed by atoms with Crippen molar-refractivity contribution in [2.75, 3.05) is 18.1 Å². The highest BCUT2D eigenvalue weighted by Crippen LogP contribution is 2.37. The van der Waals surface area contributed by atoms with Crippen molar-refractivity contribution < 1.29 is 8.42 Å². The van der Waals surface area contributed by atoms with Crippen molar-refractivity contribution in [1.29, 1.82) is 0 Å². The van der Waals surface area contributed by atoms with Gasteiger partial charge in [0.25, 0.3) is 0 Å². The fourth-order valence-electron chi connectivity index (χ4n) is 2.56. The molecule has 0 spiro atoms. The standard InChI is InChI=1S/C13H21N3O2S2/c14-6-12-5-13(8-16(12)11-1-2-11)20(17,18)15-7-10-3-4-19-9-10/h5,8,10-11,15H,1-4,6-7,9,14H2. The minimum atomic E-state index is -3.40. The van der Waals surface area contributed by atoms with Gasteiger partial charge in [0.15, 0.2) is 0 Å². The first-order valence-corrected chi connectivity index (χ1v) is 9.72. The summed E-state index contributed by atoms with van der Waals surface area (Å²) in [7, 11) is -3.40. The molecular formula is C13H21N3O2S2. The zero-order chi connectivity index (χ0) is 14.2. The van der Waals surface area contributed by atoms with Crippen molar-refractivity contribution in [2.45, 2.75) is 36.7 Å². The Bertz CT molecular complexity index is 572. The summed E-state index contributed by atoms with van der Waals surface area (Å²) in [6, 6.07) is 2.16. The molecule has 2 heterocycles. The SMILES string of the molecule is NCc1cc(S(=O)(=O)NCC2CCSC2)cn1C1CC1. The summed E-state index contributed by atoms with van der Waals surface area (Å²) in [6.45, 7) is 0.924. The van der Waals surface area contributed by atoms with Gasteiger partial charge in [-0.1, -0.05) is 0 Å². The van der Waals surface area contributed by atoms with E-state index in [2.05, 4.69) is 4.72 Å². The Kier molecular flexibility index (Phi) is 4.12. The van der Waals surface area contributed by atoms with Crippen LogP contribution < -0.4 is 10.5 Å². The predicted molar refractivity (Wildman–Crippen MR) is 81.2 cm³/mol. The van der Waals surface area contributed by atoms with Crippen LogP contribution in [0.5, 0.6) is 0 Å². The summed E-state index contributed by atoms with van der Waals surface area (Å²) in [5.41, 5.74) is 6.61. The maximum absolute atomic E-state index is 12.3. The van der Waals surface area contributed by atoms with Crippen LogP contribution in [0.3, 0.4) is 0 Å². The number of nitrogens with one attached hydrogen (secondary N) is 1. The number of nitrogens with zero attached hydrogens (tertiary/aromatic N) is 1. The largest absolute Gasteiger partial charge is 0.346 e. The summed E-state index contributed by atoms with van der Waals surface area (Å²) in [4.78, 5) is 0.357. The first kappa shape index (κ1) is 14.4. The lowest BCUT2D eigenvalue weighted by Gasteiger charge is -2.09. The van der Waals surface area contributed by atoms with E-state index >= 15 is 0 Å². The third-order valence-electron chi connectivity index (χ3n) is 3.95. The number of aromatic nitrogens is 1. The lowest BCUT2D eigenvalue weighted by Crippen LogP contribution is -2.29. The van der Waals surface area contributed by atoms with Gasteiger partial charge in [0.2, 0.25) is 10.0 Å². The van der Waals surface area contributed by atoms with E-state index in [4.69, 9.17) is 5.73 Å². The average molecular weight is 315 g/mol. The second-order valence-electron chi connectivity index (χ2n) is 5.59. The van der Waals surface area contributed by atoms with Crippen LogP contribution in [0.15, 0.2) is 17.2 Å². The highest BCUT2D eigenvalue weighted by Gasteiger charge is 2.28. The Hall–Kier alpha value is -0.500. The van der Waals surface area contributed by atoms with Gasteiger partial charge >= 0.3 is 0 Å². The lowest BCUT2D eigenvalue weighted by molar-refractivity contribution is 0.545. The third-order valence-corrected chi connectivity index (χ3v) is 6.57. The zero-order valence-electron chi connectivity index (χ0n) is 11.4. The maximum Gasteiger partial charge on any atom is 0.242 e. The quantitative estimate of drug-likeness (QED) is 0.830. The van der Waals surface area contributed by atoms with Crippen LogP contribution >= 0.6 is 11.8 Å². The molecule has 20 heavy (non-hydrogen) atoms. The van der Waals surface area contributed by atoms with Crippen LogP contribution in [0.2, 0.25) is 0 Å². The Morgan fingerprint density at radius 2 is 2.20 bits per heavy atom. The van der Waals surface area contributed by atoms with Crippen LogP contribution in [-0.2, 0) is 16.6 Å². The number of nitrogens with two attached hydrogens (primary N) is 1. The van der Waals surface area contributed by atoms with E-state index in [0.29, 0.717) is 29.9 Å². The van der Waals surface area contributed by atoms with E-state index in [1.807, 2.05) is 16.3 Å². The molecule has 1 aromatic rings. The smallest absolute Gasteiger partial charge is 0.242 e. The lowest BCUT2D eigenvalue weighted by atomic mass is 10.1. The number of thioether (sulfide) groups is 1. The van der Waals surface area contributed by atoms with Crippen LogP contribution in [0.1, 0.15) is 31.0 Å². The summed E-state index contributed by atoms with van der Waals surface area (Å²) in [5.74, 6) is 2.66. The van der Waals surface area contributed by atoms with Gasteiger partial charge in [0, 0.05) is 31.0 Å². The zero-order valence-corrected chi connectivity index (χ0v) is 13.0. The van der Waals surface area contributed by atoms with Gasteiger partial charge in [0.1, 0.15) is 0 Å². The van der Waals surface area contributed by atoms with Crippen molar-refractivity contribution in [3.05, 3.63) is 18.0 Å². The molecule has 1 saturated carbocycles. The highest BCUT2D eigenvalue weighted by molar-refractivity contribution is 7.99. The van der Waals surface area contributed by atoms with E-state index < -0.39 is 10.0 Å². The predicted octanol–water partition coefficient (Wildman–Crippen LogP) is 1.31. The van der Waals surface area contributed by atoms with Crippen molar-refractivity contribution in [3.63, 3.8) is 0 Å². The normalized spacial score (nSPS) is 23.4. The topological polar surface area (TPSA) is 77.1 Å². The number of hydrogen-bond donors (Lipinski definition) is 2. The Morgan fingerprint density at radius 3 is 2.80 bits per heavy atom. The second-order valence-corrected chi connectivity index (χ2v) is 8.51. The molecule has 1 aliphatic carbocycles. The summed E-state index contributed by atoms with van der Waals surface area (Å²) < 4.78 is 29.5. The molecule has 112 valence electrons. The minimum absolute atomic E-state index is 0.357. The molecular weight excluding hydrogens is 294 g/mol. The molecule has 1 aromatic heterocycles. The third kappa shape index (κ3) is 3.05. The molecule has 0 amide bonds. The highest BCUT2D eigenvalue weighted by atomic mass is 32.2. The summed E-state index contributed by atoms with van der Waals surface area (Å²) in [5, 5.41) is 0. The Balaban J connectivity index is 1.72. The van der Waals surface area contributed by atoms with Crippen LogP contribution in [0.25, 0.3) is 0 Å². The molecule has 0 aromatic carbocycles. The van der Waals surface area contributed by atoms with Gasteiger partial charge in [-0.3, -0.25) is 0 Å². The molecule has 1 saturated heterocycles. The molecule has 0 bridgehead atoms. The molecule has 2 fully saturated rings. The molecule has 7 heteroatoms. The van der Waals surface area contributed by atoms with Gasteiger partial charge in [-0.2, -0.15) is 11.8 Å². The Labute approximate surface area is 124 Å². The van der Waals surface area contributed by atoms with Gasteiger partial charge < -0.3 is 10.3 Å². The van der Waals surface area contributed by atoms with E-state index in [0.717, 1.165) is 36.5 Å². The maximum atomic E-state index is 12.3. The first-order valence-electron chi connectivity index (χ1n) is 7.08. The van der Waals surface area contributed by atoms with E-state index in [1.165, 1.54) is 0 Å². The first-order chi connectivity index (χ1) is 9.60. The molecule has 0 radical (unpaired) electrons. The van der Waals surface area contributed by atoms with E-state index in [9.17, 15) is 8.42 Å². The average Bonchev–Trinajstić information content (AvgIpc) is 2.98. The van der Waals surface area contributed by atoms with Gasteiger partial charge in [-0.05, 0) is 42.8 Å². The molecule has 1 atom stereocenters. The van der Waals surface area contributed by atoms with Crippen molar-refractivity contribution in [3.8, 4) is 0 Å². The number of rotatable bonds is 6. The van der Waals surface area contributed by atoms with E-state index in [-0.39, 0.29) is 0 Å². The molecule has 1 aliphatic heterocycles. The minimum Gasteiger partial charge on any atom is -0.346 e. The van der Waals surface area contributed by atoms with Crippen LogP contribution in [0, 0.1) is 5.92 Å². The monoisotopic (exact) mass is 315 g/mol. The number of sulfonamides is 1. The van der Waals surface area contributed by atoms with Crippen LogP contribution in [0.4, 0.5) is 0 Å².